The average Bonchev–Trinajstić information content (AvgIpc) is 2.89. The van der Waals surface area contributed by atoms with Gasteiger partial charge in [-0.05, 0) is 30.7 Å². The number of rotatable bonds is 11. The molecule has 0 amide bonds. The fraction of sp³-hybridized carbons (Fsp3) is 0.364. The summed E-state index contributed by atoms with van der Waals surface area (Å²) in [5, 5.41) is 3.55. The highest BCUT2D eigenvalue weighted by atomic mass is 31.2. The van der Waals surface area contributed by atoms with Crippen LogP contribution in [0.4, 0.5) is 11.6 Å². The zero-order valence-corrected chi connectivity index (χ0v) is 20.9. The molecule has 0 spiro atoms. The monoisotopic (exact) mass is 518 g/mol. The highest BCUT2D eigenvalue weighted by Crippen LogP contribution is 2.47. The third-order valence-electron chi connectivity index (χ3n) is 5.44. The van der Waals surface area contributed by atoms with Crippen LogP contribution in [0.3, 0.4) is 0 Å². The van der Waals surface area contributed by atoms with Crippen molar-refractivity contribution >= 4 is 47.4 Å². The van der Waals surface area contributed by atoms with E-state index in [1.165, 1.54) is 27.5 Å². The van der Waals surface area contributed by atoms with Crippen LogP contribution in [0.15, 0.2) is 35.3 Å². The minimum absolute atomic E-state index is 0.0180. The number of nitrogen functional groups attached to an aromatic ring is 1. The van der Waals surface area contributed by atoms with Gasteiger partial charge in [0.05, 0.1) is 38.6 Å². The molecule has 0 fully saturated rings. The summed E-state index contributed by atoms with van der Waals surface area (Å²) in [6.45, 7) is 0.256. The molecule has 14 heteroatoms. The van der Waals surface area contributed by atoms with E-state index in [4.69, 9.17) is 15.0 Å². The fourth-order valence-electron chi connectivity index (χ4n) is 3.48. The van der Waals surface area contributed by atoms with Crippen LogP contribution in [-0.2, 0) is 34.7 Å². The topological polar surface area (TPSA) is 188 Å². The Morgan fingerprint density at radius 3 is 2.50 bits per heavy atom. The number of nitrogens with two attached hydrogens (primary N) is 1. The van der Waals surface area contributed by atoms with Gasteiger partial charge in [0.25, 0.3) is 5.56 Å². The van der Waals surface area contributed by atoms with Gasteiger partial charge < -0.3 is 25.0 Å². The van der Waals surface area contributed by atoms with Crippen LogP contribution in [0.2, 0.25) is 0 Å². The van der Waals surface area contributed by atoms with Crippen molar-refractivity contribution in [3.63, 3.8) is 0 Å². The molecule has 192 valence electrons. The van der Waals surface area contributed by atoms with E-state index < -0.39 is 30.8 Å². The second kappa shape index (κ2) is 11.7. The molecule has 2 unspecified atom stereocenters. The zero-order chi connectivity index (χ0) is 26.3. The van der Waals surface area contributed by atoms with E-state index in [0.717, 1.165) is 0 Å². The lowest BCUT2D eigenvalue weighted by Gasteiger charge is -2.22. The number of H-pyrrole nitrogens is 1. The number of anilines is 2. The van der Waals surface area contributed by atoms with E-state index >= 15 is 0 Å². The van der Waals surface area contributed by atoms with Gasteiger partial charge in [0.1, 0.15) is 0 Å². The number of aromatic nitrogens is 4. The minimum atomic E-state index is -3.44. The summed E-state index contributed by atoms with van der Waals surface area (Å²) in [4.78, 5) is 50.5. The number of fused-ring (bicyclic) bond motifs is 1. The lowest BCUT2D eigenvalue weighted by atomic mass is 10.1. The third kappa shape index (κ3) is 6.43. The molecule has 0 saturated carbocycles. The molecule has 0 saturated heterocycles. The molecule has 4 N–H and O–H groups in total. The van der Waals surface area contributed by atoms with Crippen LogP contribution in [0.25, 0.3) is 11.2 Å². The van der Waals surface area contributed by atoms with Crippen LogP contribution < -0.4 is 21.9 Å². The smallest absolute Gasteiger partial charge is 0.309 e. The second-order valence-corrected chi connectivity index (χ2v) is 10.4. The maximum absolute atomic E-state index is 13.6. The summed E-state index contributed by atoms with van der Waals surface area (Å²) in [6.07, 6.45) is 1.45. The first-order valence-corrected chi connectivity index (χ1v) is 12.7. The number of carbonyl (C=O) groups is 2. The number of benzene rings is 1. The summed E-state index contributed by atoms with van der Waals surface area (Å²) in [6, 6.07) is 6.66. The molecule has 36 heavy (non-hydrogen) atoms. The summed E-state index contributed by atoms with van der Waals surface area (Å²) in [5.41, 5.74) is 6.44. The molecule has 0 aliphatic heterocycles. The second-order valence-electron chi connectivity index (χ2n) is 7.76. The highest BCUT2D eigenvalue weighted by molar-refractivity contribution is 7.67. The average molecular weight is 518 g/mol. The van der Waals surface area contributed by atoms with Gasteiger partial charge in [-0.15, -0.1) is 0 Å². The van der Waals surface area contributed by atoms with Crippen molar-refractivity contribution in [2.75, 3.05) is 38.5 Å². The van der Waals surface area contributed by atoms with Gasteiger partial charge in [-0.25, -0.2) is 9.97 Å². The number of aromatic amines is 1. The molecule has 0 bridgehead atoms. The Kier molecular flexibility index (Phi) is 8.73. The van der Waals surface area contributed by atoms with Crippen molar-refractivity contribution in [3.05, 3.63) is 46.5 Å². The van der Waals surface area contributed by atoms with Crippen molar-refractivity contribution in [2.45, 2.75) is 19.4 Å². The summed E-state index contributed by atoms with van der Waals surface area (Å²) in [5.74, 6) is -1.91. The molecule has 3 aromatic rings. The van der Waals surface area contributed by atoms with Crippen LogP contribution in [-0.4, -0.2) is 59.4 Å². The Balaban J connectivity index is 1.71. The van der Waals surface area contributed by atoms with Gasteiger partial charge in [-0.3, -0.25) is 23.9 Å². The minimum Gasteiger partial charge on any atom is -0.469 e. The molecule has 0 aliphatic rings. The van der Waals surface area contributed by atoms with Crippen molar-refractivity contribution in [3.8, 4) is 0 Å². The molecule has 3 rings (SSSR count). The molecule has 0 aliphatic carbocycles. The van der Waals surface area contributed by atoms with E-state index in [1.54, 1.807) is 24.3 Å². The number of nitrogens with zero attached hydrogens (tertiary/aromatic N) is 3. The molecule has 2 atom stereocenters. The van der Waals surface area contributed by atoms with Gasteiger partial charge in [0.15, 0.2) is 11.2 Å². The first-order valence-electron chi connectivity index (χ1n) is 10.8. The number of hydrogen-bond acceptors (Lipinski definition) is 12. The van der Waals surface area contributed by atoms with Crippen LogP contribution in [0, 0.1) is 5.92 Å². The quantitative estimate of drug-likeness (QED) is 0.243. The normalized spacial score (nSPS) is 13.5. The Bertz CT molecular complexity index is 1340. The molecule has 0 radical (unpaired) electrons. The number of esters is 2. The summed E-state index contributed by atoms with van der Waals surface area (Å²) in [7, 11) is 0.358. The lowest BCUT2D eigenvalue weighted by Crippen LogP contribution is -2.24. The Morgan fingerprint density at radius 1 is 1.14 bits per heavy atom. The summed E-state index contributed by atoms with van der Waals surface area (Å²) >= 11 is 0. The maximum Gasteiger partial charge on any atom is 0.309 e. The van der Waals surface area contributed by atoms with Gasteiger partial charge in [-0.2, -0.15) is 4.98 Å². The molecule has 2 aromatic heterocycles. The Labute approximate surface area is 206 Å². The van der Waals surface area contributed by atoms with Gasteiger partial charge in [-0.1, -0.05) is 0 Å². The van der Waals surface area contributed by atoms with Crippen molar-refractivity contribution in [2.24, 2.45) is 5.92 Å². The lowest BCUT2D eigenvalue weighted by molar-refractivity contribution is -0.146. The Hall–Kier alpha value is -3.83. The van der Waals surface area contributed by atoms with Gasteiger partial charge in [0.2, 0.25) is 13.3 Å². The number of carbonyl (C=O) groups excluding carboxylic acids is 2. The van der Waals surface area contributed by atoms with Crippen LogP contribution in [0.1, 0.15) is 18.5 Å². The number of hydrogen-bond donors (Lipinski definition) is 3. The molecular weight excluding hydrogens is 491 g/mol. The van der Waals surface area contributed by atoms with Gasteiger partial charge in [0, 0.05) is 30.7 Å². The van der Waals surface area contributed by atoms with Crippen molar-refractivity contribution in [1.29, 1.82) is 0 Å². The fourth-order valence-corrected chi connectivity index (χ4v) is 5.56. The molecular formula is C22H27N6O7P. The zero-order valence-electron chi connectivity index (χ0n) is 20.0. The maximum atomic E-state index is 13.6. The molecule has 13 nitrogen and oxygen atoms in total. The summed E-state index contributed by atoms with van der Waals surface area (Å²) < 4.78 is 28.4. The first kappa shape index (κ1) is 26.8. The van der Waals surface area contributed by atoms with E-state index in [2.05, 4.69) is 30.0 Å². The Morgan fingerprint density at radius 2 is 1.86 bits per heavy atom. The predicted molar refractivity (Wildman–Crippen MR) is 132 cm³/mol. The van der Waals surface area contributed by atoms with E-state index in [9.17, 15) is 18.9 Å². The van der Waals surface area contributed by atoms with Crippen molar-refractivity contribution in [1.82, 2.24) is 19.9 Å². The highest BCUT2D eigenvalue weighted by Gasteiger charge is 2.33. The van der Waals surface area contributed by atoms with Crippen LogP contribution in [0.5, 0.6) is 0 Å². The van der Waals surface area contributed by atoms with Crippen LogP contribution >= 0.6 is 7.37 Å². The van der Waals surface area contributed by atoms with Crippen molar-refractivity contribution < 1.29 is 28.2 Å². The largest absolute Gasteiger partial charge is 0.469 e. The molecule has 2 heterocycles. The standard InChI is InChI=1S/C22H27N6O7P/c1-33-17(29)9-4-13(21(31)34-2)12-36(32,35-3)16-7-5-14(6-8-16)24-10-15-11-25-19-18(26-15)20(30)28-22(23)27-19/h5-8,11,13,24H,4,9-10,12H2,1-3H3,(H3,23,25,27,28,30). The first-order chi connectivity index (χ1) is 17.2. The SMILES string of the molecule is COC(=O)CCC(CP(=O)(OC)c1ccc(NCc2cnc3nc(N)[nH]c(=O)c3n2)cc1)C(=O)OC. The predicted octanol–water partition coefficient (Wildman–Crippen LogP) is 1.20. The number of nitrogens with one attached hydrogen (secondary N) is 2. The number of ether oxygens (including phenoxy) is 2. The van der Waals surface area contributed by atoms with E-state index in [0.29, 0.717) is 16.7 Å². The van der Waals surface area contributed by atoms with Gasteiger partial charge >= 0.3 is 11.9 Å². The number of methoxy groups -OCH3 is 2. The molecule has 1 aromatic carbocycles. The third-order valence-corrected chi connectivity index (χ3v) is 8.03. The van der Waals surface area contributed by atoms with E-state index in [-0.39, 0.29) is 42.7 Å². The van der Waals surface area contributed by atoms with E-state index in [1.807, 2.05) is 0 Å².